The van der Waals surface area contributed by atoms with Crippen LogP contribution in [0.4, 0.5) is 0 Å². The zero-order valence-corrected chi connectivity index (χ0v) is 10.5. The summed E-state index contributed by atoms with van der Waals surface area (Å²) in [5.74, 6) is 0.0597. The lowest BCUT2D eigenvalue weighted by atomic mass is 10.1. The molecule has 1 aromatic heterocycles. The molecule has 2 rings (SSSR count). The van der Waals surface area contributed by atoms with Gasteiger partial charge in [-0.15, -0.1) is 0 Å². The van der Waals surface area contributed by atoms with Crippen molar-refractivity contribution in [2.45, 2.75) is 52.0 Å². The molecule has 0 radical (unpaired) electrons. The van der Waals surface area contributed by atoms with Crippen molar-refractivity contribution >= 4 is 5.91 Å². The molecule has 0 aliphatic heterocycles. The zero-order valence-electron chi connectivity index (χ0n) is 10.5. The van der Waals surface area contributed by atoms with Gasteiger partial charge in [0.1, 0.15) is 6.54 Å². The Morgan fingerprint density at radius 3 is 3.06 bits per heavy atom. The first kappa shape index (κ1) is 12.1. The topological polar surface area (TPSA) is 46.9 Å². The lowest BCUT2D eigenvalue weighted by molar-refractivity contribution is -0.121. The molecule has 0 bridgehead atoms. The van der Waals surface area contributed by atoms with Crippen molar-refractivity contribution in [3.8, 4) is 0 Å². The SMILES string of the molecule is CCCNC(=O)Cn1cc2c(n1)CCCCC2. The van der Waals surface area contributed by atoms with Crippen LogP contribution in [0.1, 0.15) is 43.9 Å². The quantitative estimate of drug-likeness (QED) is 0.807. The van der Waals surface area contributed by atoms with E-state index in [1.807, 2.05) is 6.20 Å². The maximum atomic E-state index is 11.6. The van der Waals surface area contributed by atoms with Gasteiger partial charge in [-0.05, 0) is 37.7 Å². The highest BCUT2D eigenvalue weighted by molar-refractivity contribution is 5.75. The summed E-state index contributed by atoms with van der Waals surface area (Å²) >= 11 is 0. The minimum atomic E-state index is 0.0597. The Kier molecular flexibility index (Phi) is 4.18. The van der Waals surface area contributed by atoms with Crippen LogP contribution in [0.5, 0.6) is 0 Å². The van der Waals surface area contributed by atoms with Crippen LogP contribution in [0, 0.1) is 0 Å². The van der Waals surface area contributed by atoms with E-state index in [2.05, 4.69) is 17.3 Å². The fourth-order valence-corrected chi connectivity index (χ4v) is 2.26. The molecule has 94 valence electrons. The van der Waals surface area contributed by atoms with Crippen molar-refractivity contribution in [3.05, 3.63) is 17.5 Å². The summed E-state index contributed by atoms with van der Waals surface area (Å²) in [5.41, 5.74) is 2.54. The van der Waals surface area contributed by atoms with Crippen LogP contribution in [-0.4, -0.2) is 22.2 Å². The first-order valence-electron chi connectivity index (χ1n) is 6.61. The molecule has 1 aliphatic carbocycles. The molecular weight excluding hydrogens is 214 g/mol. The van der Waals surface area contributed by atoms with Gasteiger partial charge in [0.05, 0.1) is 5.69 Å². The Labute approximate surface area is 102 Å². The van der Waals surface area contributed by atoms with Crippen LogP contribution < -0.4 is 5.32 Å². The number of amides is 1. The van der Waals surface area contributed by atoms with Gasteiger partial charge in [-0.3, -0.25) is 9.48 Å². The Hall–Kier alpha value is -1.32. The fraction of sp³-hybridized carbons (Fsp3) is 0.692. The lowest BCUT2D eigenvalue weighted by Crippen LogP contribution is -2.28. The van der Waals surface area contributed by atoms with Crippen molar-refractivity contribution < 1.29 is 4.79 Å². The average molecular weight is 235 g/mol. The van der Waals surface area contributed by atoms with E-state index in [9.17, 15) is 4.79 Å². The molecule has 4 heteroatoms. The van der Waals surface area contributed by atoms with E-state index in [-0.39, 0.29) is 5.91 Å². The number of fused-ring (bicyclic) bond motifs is 1. The summed E-state index contributed by atoms with van der Waals surface area (Å²) in [4.78, 5) is 11.6. The van der Waals surface area contributed by atoms with E-state index in [1.54, 1.807) is 4.68 Å². The monoisotopic (exact) mass is 235 g/mol. The number of aromatic nitrogens is 2. The molecule has 0 spiro atoms. The zero-order chi connectivity index (χ0) is 12.1. The first-order chi connectivity index (χ1) is 8.29. The summed E-state index contributed by atoms with van der Waals surface area (Å²) in [7, 11) is 0. The summed E-state index contributed by atoms with van der Waals surface area (Å²) in [6.45, 7) is 3.16. The highest BCUT2D eigenvalue weighted by Crippen LogP contribution is 2.18. The van der Waals surface area contributed by atoms with Crippen molar-refractivity contribution in [1.82, 2.24) is 15.1 Å². The third-order valence-electron chi connectivity index (χ3n) is 3.16. The van der Waals surface area contributed by atoms with Crippen molar-refractivity contribution in [3.63, 3.8) is 0 Å². The van der Waals surface area contributed by atoms with Gasteiger partial charge in [0.25, 0.3) is 0 Å². The molecule has 0 aromatic carbocycles. The predicted octanol–water partition coefficient (Wildman–Crippen LogP) is 1.68. The molecule has 1 aromatic rings. The summed E-state index contributed by atoms with van der Waals surface area (Å²) in [5, 5.41) is 7.39. The van der Waals surface area contributed by atoms with Gasteiger partial charge in [-0.1, -0.05) is 13.3 Å². The molecule has 1 N–H and O–H groups in total. The molecular formula is C13H21N3O. The maximum absolute atomic E-state index is 11.6. The third kappa shape index (κ3) is 3.32. The predicted molar refractivity (Wildman–Crippen MR) is 66.8 cm³/mol. The molecule has 1 heterocycles. The third-order valence-corrected chi connectivity index (χ3v) is 3.16. The maximum Gasteiger partial charge on any atom is 0.241 e. The molecule has 1 aliphatic rings. The number of aryl methyl sites for hydroxylation is 2. The number of rotatable bonds is 4. The Morgan fingerprint density at radius 1 is 1.41 bits per heavy atom. The largest absolute Gasteiger partial charge is 0.355 e. The fourth-order valence-electron chi connectivity index (χ4n) is 2.26. The average Bonchev–Trinajstić information content (AvgIpc) is 2.56. The highest BCUT2D eigenvalue weighted by atomic mass is 16.2. The van der Waals surface area contributed by atoms with Crippen LogP contribution in [0.25, 0.3) is 0 Å². The Balaban J connectivity index is 1.95. The van der Waals surface area contributed by atoms with E-state index < -0.39 is 0 Å². The number of hydrogen-bond acceptors (Lipinski definition) is 2. The van der Waals surface area contributed by atoms with Crippen molar-refractivity contribution in [1.29, 1.82) is 0 Å². The van der Waals surface area contributed by atoms with Gasteiger partial charge in [-0.2, -0.15) is 5.10 Å². The van der Waals surface area contributed by atoms with Crippen molar-refractivity contribution in [2.75, 3.05) is 6.54 Å². The second-order valence-electron chi connectivity index (χ2n) is 4.71. The normalized spacial score (nSPS) is 15.1. The highest BCUT2D eigenvalue weighted by Gasteiger charge is 2.13. The standard InChI is InChI=1S/C13H21N3O/c1-2-8-14-13(17)10-16-9-11-6-4-3-5-7-12(11)15-16/h9H,2-8,10H2,1H3,(H,14,17). The van der Waals surface area contributed by atoms with Gasteiger partial charge < -0.3 is 5.32 Å². The minimum Gasteiger partial charge on any atom is -0.355 e. The minimum absolute atomic E-state index is 0.0597. The van der Waals surface area contributed by atoms with E-state index in [1.165, 1.54) is 30.5 Å². The molecule has 0 fully saturated rings. The molecule has 0 unspecified atom stereocenters. The number of carbonyl (C=O) groups is 1. The van der Waals surface area contributed by atoms with Gasteiger partial charge in [-0.25, -0.2) is 0 Å². The molecule has 4 nitrogen and oxygen atoms in total. The van der Waals surface area contributed by atoms with Gasteiger partial charge >= 0.3 is 0 Å². The second-order valence-corrected chi connectivity index (χ2v) is 4.71. The van der Waals surface area contributed by atoms with E-state index in [0.29, 0.717) is 6.54 Å². The number of carbonyl (C=O) groups excluding carboxylic acids is 1. The first-order valence-corrected chi connectivity index (χ1v) is 6.61. The summed E-state index contributed by atoms with van der Waals surface area (Å²) < 4.78 is 1.79. The van der Waals surface area contributed by atoms with Crippen LogP contribution in [0.15, 0.2) is 6.20 Å². The molecule has 0 saturated heterocycles. The summed E-state index contributed by atoms with van der Waals surface area (Å²) in [6.07, 6.45) is 8.98. The van der Waals surface area contributed by atoms with Gasteiger partial charge in [0.15, 0.2) is 0 Å². The van der Waals surface area contributed by atoms with E-state index in [4.69, 9.17) is 0 Å². The molecule has 0 saturated carbocycles. The smallest absolute Gasteiger partial charge is 0.241 e. The van der Waals surface area contributed by atoms with Crippen molar-refractivity contribution in [2.24, 2.45) is 0 Å². The Morgan fingerprint density at radius 2 is 2.24 bits per heavy atom. The number of hydrogen-bond donors (Lipinski definition) is 1. The molecule has 0 atom stereocenters. The van der Waals surface area contributed by atoms with E-state index >= 15 is 0 Å². The van der Waals surface area contributed by atoms with Crippen LogP contribution >= 0.6 is 0 Å². The van der Waals surface area contributed by atoms with E-state index in [0.717, 1.165) is 25.8 Å². The molecule has 1 amide bonds. The number of nitrogens with one attached hydrogen (secondary N) is 1. The summed E-state index contributed by atoms with van der Waals surface area (Å²) in [6, 6.07) is 0. The van der Waals surface area contributed by atoms with Gasteiger partial charge in [0.2, 0.25) is 5.91 Å². The van der Waals surface area contributed by atoms with Crippen LogP contribution in [0.3, 0.4) is 0 Å². The van der Waals surface area contributed by atoms with Crippen LogP contribution in [0.2, 0.25) is 0 Å². The molecule has 17 heavy (non-hydrogen) atoms. The Bertz CT molecular complexity index is 361. The van der Waals surface area contributed by atoms with Crippen LogP contribution in [-0.2, 0) is 24.2 Å². The second kappa shape index (κ2) is 5.84. The number of nitrogens with zero attached hydrogens (tertiary/aromatic N) is 2. The van der Waals surface area contributed by atoms with Gasteiger partial charge in [0, 0.05) is 12.7 Å². The lowest BCUT2D eigenvalue weighted by Gasteiger charge is -2.03.